The molecule has 1 aromatic carbocycles. The van der Waals surface area contributed by atoms with E-state index >= 15 is 0 Å². The Balaban J connectivity index is 1.33. The van der Waals surface area contributed by atoms with E-state index < -0.39 is 10.0 Å². The normalized spacial score (nSPS) is 15.2. The monoisotopic (exact) mass is 484 g/mol. The van der Waals surface area contributed by atoms with Gasteiger partial charge in [0.2, 0.25) is 0 Å². The molecule has 31 heavy (non-hydrogen) atoms. The minimum atomic E-state index is -3.62. The van der Waals surface area contributed by atoms with E-state index in [1.807, 2.05) is 0 Å². The molecule has 1 fully saturated rings. The molecule has 3 heterocycles. The van der Waals surface area contributed by atoms with E-state index in [1.165, 1.54) is 34.6 Å². The van der Waals surface area contributed by atoms with Crippen molar-refractivity contribution in [1.29, 1.82) is 0 Å². The maximum absolute atomic E-state index is 12.9. The van der Waals surface area contributed by atoms with Crippen molar-refractivity contribution in [2.45, 2.75) is 10.8 Å². The molecule has 0 N–H and O–H groups in total. The zero-order valence-electron chi connectivity index (χ0n) is 16.2. The summed E-state index contributed by atoms with van der Waals surface area (Å²) in [4.78, 5) is 14.3. The van der Waals surface area contributed by atoms with E-state index in [9.17, 15) is 17.6 Å². The van der Waals surface area contributed by atoms with Gasteiger partial charge in [0.25, 0.3) is 15.9 Å². The van der Waals surface area contributed by atoms with Gasteiger partial charge in [0.05, 0.1) is 4.34 Å². The maximum atomic E-state index is 12.9. The number of carbonyl (C=O) groups is 1. The van der Waals surface area contributed by atoms with Crippen molar-refractivity contribution in [2.24, 2.45) is 0 Å². The minimum Gasteiger partial charge on any atom is -0.486 e. The summed E-state index contributed by atoms with van der Waals surface area (Å²) in [6, 6.07) is 11.8. The zero-order chi connectivity index (χ0) is 22.0. The molecule has 1 aliphatic heterocycles. The van der Waals surface area contributed by atoms with Gasteiger partial charge in [0, 0.05) is 26.2 Å². The predicted octanol–water partition coefficient (Wildman–Crippen LogP) is 3.86. The van der Waals surface area contributed by atoms with Gasteiger partial charge >= 0.3 is 0 Å². The van der Waals surface area contributed by atoms with Crippen LogP contribution in [-0.2, 0) is 16.6 Å². The molecule has 11 heteroatoms. The Morgan fingerprint density at radius 2 is 1.77 bits per heavy atom. The smallest absolute Gasteiger partial charge is 0.289 e. The molecule has 0 bridgehead atoms. The highest BCUT2D eigenvalue weighted by atomic mass is 35.5. The lowest BCUT2D eigenvalue weighted by Gasteiger charge is -2.33. The van der Waals surface area contributed by atoms with Gasteiger partial charge in [-0.05, 0) is 48.5 Å². The molecule has 164 valence electrons. The number of furan rings is 1. The van der Waals surface area contributed by atoms with E-state index in [2.05, 4.69) is 0 Å². The van der Waals surface area contributed by atoms with Crippen LogP contribution in [0.3, 0.4) is 0 Å². The summed E-state index contributed by atoms with van der Waals surface area (Å²) in [6.07, 6.45) is 0. The second-order valence-electron chi connectivity index (χ2n) is 6.76. The van der Waals surface area contributed by atoms with Crippen LogP contribution in [0.25, 0.3) is 0 Å². The van der Waals surface area contributed by atoms with Crippen LogP contribution in [0, 0.1) is 5.82 Å². The molecule has 2 aromatic heterocycles. The molecule has 1 saturated heterocycles. The fraction of sp³-hybridized carbons (Fsp3) is 0.250. The average molecular weight is 485 g/mol. The molecule has 0 radical (unpaired) electrons. The van der Waals surface area contributed by atoms with Crippen molar-refractivity contribution in [3.05, 3.63) is 70.2 Å². The number of halogens is 2. The average Bonchev–Trinajstić information content (AvgIpc) is 3.42. The summed E-state index contributed by atoms with van der Waals surface area (Å²) in [7, 11) is -3.62. The van der Waals surface area contributed by atoms with Gasteiger partial charge in [0.1, 0.15) is 28.1 Å². The zero-order valence-corrected chi connectivity index (χ0v) is 18.6. The van der Waals surface area contributed by atoms with Crippen LogP contribution in [0.1, 0.15) is 16.3 Å². The van der Waals surface area contributed by atoms with Gasteiger partial charge in [-0.25, -0.2) is 12.8 Å². The third-order valence-electron chi connectivity index (χ3n) is 4.74. The van der Waals surface area contributed by atoms with Gasteiger partial charge < -0.3 is 14.1 Å². The number of ether oxygens (including phenoxy) is 1. The molecule has 7 nitrogen and oxygen atoms in total. The molecule has 0 aliphatic carbocycles. The SMILES string of the molecule is O=C(c1ccc(COc2ccc(F)cc2)o1)N1CCN(S(=O)(=O)c2ccc(Cl)s2)CC1. The molecule has 0 saturated carbocycles. The summed E-state index contributed by atoms with van der Waals surface area (Å²) < 4.78 is 51.3. The lowest BCUT2D eigenvalue weighted by atomic mass is 10.3. The first-order valence-corrected chi connectivity index (χ1v) is 12.0. The van der Waals surface area contributed by atoms with E-state index in [0.717, 1.165) is 11.3 Å². The summed E-state index contributed by atoms with van der Waals surface area (Å²) in [5.74, 6) is 0.409. The number of sulfonamides is 1. The van der Waals surface area contributed by atoms with Crippen molar-refractivity contribution in [3.8, 4) is 5.75 Å². The van der Waals surface area contributed by atoms with Crippen LogP contribution in [0.2, 0.25) is 4.34 Å². The van der Waals surface area contributed by atoms with E-state index in [1.54, 1.807) is 23.1 Å². The molecule has 4 rings (SSSR count). The quantitative estimate of drug-likeness (QED) is 0.530. The summed E-state index contributed by atoms with van der Waals surface area (Å²) in [6.45, 7) is 0.961. The number of benzene rings is 1. The molecule has 1 aliphatic rings. The van der Waals surface area contributed by atoms with Crippen molar-refractivity contribution in [1.82, 2.24) is 9.21 Å². The first-order valence-electron chi connectivity index (χ1n) is 9.35. The second kappa shape index (κ2) is 8.99. The molecular weight excluding hydrogens is 467 g/mol. The number of carbonyl (C=O) groups excluding carboxylic acids is 1. The Bertz CT molecular complexity index is 1170. The van der Waals surface area contributed by atoms with Crippen LogP contribution >= 0.6 is 22.9 Å². The number of hydrogen-bond donors (Lipinski definition) is 0. The molecular formula is C20H18ClFN2O5S2. The van der Waals surface area contributed by atoms with Crippen molar-refractivity contribution in [2.75, 3.05) is 26.2 Å². The Labute approximate surface area is 187 Å². The molecule has 3 aromatic rings. The number of hydrogen-bond acceptors (Lipinski definition) is 6. The molecule has 1 amide bonds. The molecule has 0 unspecified atom stereocenters. The number of thiophene rings is 1. The van der Waals surface area contributed by atoms with Crippen LogP contribution in [0.15, 0.2) is 57.2 Å². The highest BCUT2D eigenvalue weighted by Gasteiger charge is 2.32. The van der Waals surface area contributed by atoms with Gasteiger partial charge in [-0.1, -0.05) is 11.6 Å². The topological polar surface area (TPSA) is 80.1 Å². The van der Waals surface area contributed by atoms with Gasteiger partial charge in [-0.15, -0.1) is 11.3 Å². The van der Waals surface area contributed by atoms with E-state index in [4.69, 9.17) is 20.8 Å². The minimum absolute atomic E-state index is 0.0916. The van der Waals surface area contributed by atoms with Gasteiger partial charge in [-0.2, -0.15) is 4.31 Å². The molecule has 0 atom stereocenters. The van der Waals surface area contributed by atoms with Crippen LogP contribution < -0.4 is 4.74 Å². The fourth-order valence-electron chi connectivity index (χ4n) is 3.11. The first-order chi connectivity index (χ1) is 14.8. The van der Waals surface area contributed by atoms with E-state index in [0.29, 0.717) is 15.8 Å². The number of amides is 1. The summed E-state index contributed by atoms with van der Waals surface area (Å²) >= 11 is 6.86. The largest absolute Gasteiger partial charge is 0.486 e. The van der Waals surface area contributed by atoms with E-state index in [-0.39, 0.29) is 54.5 Å². The molecule has 0 spiro atoms. The predicted molar refractivity (Wildman–Crippen MR) is 113 cm³/mol. The number of nitrogens with zero attached hydrogens (tertiary/aromatic N) is 2. The van der Waals surface area contributed by atoms with Crippen molar-refractivity contribution >= 4 is 38.9 Å². The summed E-state index contributed by atoms with van der Waals surface area (Å²) in [5.41, 5.74) is 0. The highest BCUT2D eigenvalue weighted by molar-refractivity contribution is 7.91. The number of piperazine rings is 1. The number of rotatable bonds is 6. The Morgan fingerprint density at radius 1 is 1.06 bits per heavy atom. The summed E-state index contributed by atoms with van der Waals surface area (Å²) in [5, 5.41) is 0. The Hall–Kier alpha value is -2.40. The van der Waals surface area contributed by atoms with Crippen LogP contribution in [0.5, 0.6) is 5.75 Å². The second-order valence-corrected chi connectivity index (χ2v) is 10.6. The maximum Gasteiger partial charge on any atom is 0.289 e. The van der Waals surface area contributed by atoms with Gasteiger partial charge in [0.15, 0.2) is 5.76 Å². The third kappa shape index (κ3) is 4.93. The van der Waals surface area contributed by atoms with Crippen molar-refractivity contribution < 1.29 is 26.8 Å². The van der Waals surface area contributed by atoms with Crippen molar-refractivity contribution in [3.63, 3.8) is 0 Å². The first kappa shape index (κ1) is 21.8. The lowest BCUT2D eigenvalue weighted by Crippen LogP contribution is -2.50. The highest BCUT2D eigenvalue weighted by Crippen LogP contribution is 2.28. The Morgan fingerprint density at radius 3 is 2.42 bits per heavy atom. The van der Waals surface area contributed by atoms with Gasteiger partial charge in [-0.3, -0.25) is 4.79 Å². The Kier molecular flexibility index (Phi) is 6.33. The third-order valence-corrected chi connectivity index (χ3v) is 8.33. The van der Waals surface area contributed by atoms with Crippen LogP contribution in [0.4, 0.5) is 4.39 Å². The standard InChI is InChI=1S/C20H18ClFN2O5S2/c21-18-7-8-19(30-18)31(26,27)24-11-9-23(10-12-24)20(25)17-6-5-16(29-17)13-28-15-3-1-14(22)2-4-15/h1-8H,9-13H2. The fourth-order valence-corrected chi connectivity index (χ4v) is 6.17. The van der Waals surface area contributed by atoms with Crippen LogP contribution in [-0.4, -0.2) is 49.7 Å². The lowest BCUT2D eigenvalue weighted by molar-refractivity contribution is 0.0662.